The summed E-state index contributed by atoms with van der Waals surface area (Å²) in [7, 11) is 0. The maximum atomic E-state index is 12.0. The summed E-state index contributed by atoms with van der Waals surface area (Å²) in [6, 6.07) is 8.07. The molecule has 0 radical (unpaired) electrons. The molecule has 90 valence electrons. The Bertz CT molecular complexity index is 428. The van der Waals surface area contributed by atoms with Crippen molar-refractivity contribution in [3.8, 4) is 0 Å². The molecule has 1 atom stereocenters. The molecule has 0 bridgehead atoms. The Kier molecular flexibility index (Phi) is 3.47. The number of hydrogen-bond donors (Lipinski definition) is 1. The van der Waals surface area contributed by atoms with Crippen LogP contribution in [0.25, 0.3) is 0 Å². The van der Waals surface area contributed by atoms with Crippen LogP contribution in [0.2, 0.25) is 0 Å². The van der Waals surface area contributed by atoms with E-state index in [1.807, 2.05) is 23.1 Å². The van der Waals surface area contributed by atoms with Crippen molar-refractivity contribution in [1.82, 2.24) is 5.32 Å². The molecule has 2 rings (SSSR count). The Morgan fingerprint density at radius 1 is 1.59 bits per heavy atom. The Morgan fingerprint density at radius 2 is 2.35 bits per heavy atom. The molecule has 0 spiro atoms. The van der Waals surface area contributed by atoms with Gasteiger partial charge in [0.15, 0.2) is 0 Å². The number of fused-ring (bicyclic) bond motifs is 1. The van der Waals surface area contributed by atoms with Gasteiger partial charge in [-0.2, -0.15) is 0 Å². The topological polar surface area (TPSA) is 32.3 Å². The molecule has 1 aliphatic rings. The molecule has 1 aliphatic heterocycles. The molecule has 2 amide bonds. The van der Waals surface area contributed by atoms with E-state index in [0.29, 0.717) is 12.5 Å². The lowest BCUT2D eigenvalue weighted by atomic mass is 9.94. The summed E-state index contributed by atoms with van der Waals surface area (Å²) in [6.45, 7) is 7.06. The summed E-state index contributed by atoms with van der Waals surface area (Å²) in [5.74, 6) is 0.499. The number of anilines is 1. The molecule has 0 aromatic heterocycles. The number of nitrogens with one attached hydrogen (secondary N) is 1. The van der Waals surface area contributed by atoms with Crippen LogP contribution in [-0.4, -0.2) is 19.1 Å². The van der Waals surface area contributed by atoms with Crippen LogP contribution in [0.1, 0.15) is 12.5 Å². The van der Waals surface area contributed by atoms with Gasteiger partial charge in [-0.15, -0.1) is 6.58 Å². The van der Waals surface area contributed by atoms with Crippen LogP contribution in [0, 0.1) is 5.92 Å². The lowest BCUT2D eigenvalue weighted by molar-refractivity contribution is 0.245. The zero-order valence-electron chi connectivity index (χ0n) is 10.1. The molecule has 0 saturated carbocycles. The summed E-state index contributed by atoms with van der Waals surface area (Å²) in [6.07, 6.45) is 2.73. The van der Waals surface area contributed by atoms with Gasteiger partial charge in [0.1, 0.15) is 0 Å². The predicted octanol–water partition coefficient (Wildman–Crippen LogP) is 2.58. The number of hydrogen-bond acceptors (Lipinski definition) is 1. The van der Waals surface area contributed by atoms with Crippen LogP contribution in [0.3, 0.4) is 0 Å². The zero-order valence-corrected chi connectivity index (χ0v) is 10.1. The smallest absolute Gasteiger partial charge is 0.322 e. The van der Waals surface area contributed by atoms with Crippen molar-refractivity contribution in [2.45, 2.75) is 13.3 Å². The van der Waals surface area contributed by atoms with Crippen molar-refractivity contribution in [2.75, 3.05) is 18.0 Å². The van der Waals surface area contributed by atoms with Gasteiger partial charge in [-0.05, 0) is 24.0 Å². The highest BCUT2D eigenvalue weighted by Gasteiger charge is 2.25. The quantitative estimate of drug-likeness (QED) is 0.778. The maximum Gasteiger partial charge on any atom is 0.322 e. The van der Waals surface area contributed by atoms with Gasteiger partial charge < -0.3 is 5.32 Å². The van der Waals surface area contributed by atoms with Crippen LogP contribution in [-0.2, 0) is 6.42 Å². The molecular formula is C14H18N2O. The highest BCUT2D eigenvalue weighted by molar-refractivity contribution is 5.93. The minimum absolute atomic E-state index is 0.0381. The molecule has 0 fully saturated rings. The van der Waals surface area contributed by atoms with Crippen LogP contribution in [0.4, 0.5) is 10.5 Å². The van der Waals surface area contributed by atoms with Gasteiger partial charge in [0.2, 0.25) is 0 Å². The normalized spacial score (nSPS) is 18.4. The summed E-state index contributed by atoms with van der Waals surface area (Å²) in [5, 5.41) is 2.83. The highest BCUT2D eigenvalue weighted by Crippen LogP contribution is 2.29. The standard InChI is InChI=1S/C14H18N2O/c1-3-8-15-14(17)16-10-11(2)9-12-6-4-5-7-13(12)16/h3-7,11H,1,8-10H2,2H3,(H,15,17). The molecule has 0 saturated heterocycles. The Morgan fingerprint density at radius 3 is 3.12 bits per heavy atom. The lowest BCUT2D eigenvalue weighted by Crippen LogP contribution is -2.45. The molecule has 17 heavy (non-hydrogen) atoms. The second-order valence-electron chi connectivity index (χ2n) is 4.52. The van der Waals surface area contributed by atoms with Gasteiger partial charge in [0.25, 0.3) is 0 Å². The van der Waals surface area contributed by atoms with E-state index in [-0.39, 0.29) is 6.03 Å². The van der Waals surface area contributed by atoms with E-state index in [2.05, 4.69) is 24.9 Å². The average molecular weight is 230 g/mol. The number of amides is 2. The summed E-state index contributed by atoms with van der Waals surface area (Å²) in [4.78, 5) is 13.9. The van der Waals surface area contributed by atoms with E-state index in [4.69, 9.17) is 0 Å². The third-order valence-corrected chi connectivity index (χ3v) is 2.99. The first kappa shape index (κ1) is 11.7. The van der Waals surface area contributed by atoms with Crippen LogP contribution < -0.4 is 10.2 Å². The van der Waals surface area contributed by atoms with E-state index in [0.717, 1.165) is 18.7 Å². The van der Waals surface area contributed by atoms with E-state index in [1.54, 1.807) is 6.08 Å². The molecule has 3 nitrogen and oxygen atoms in total. The number of nitrogens with zero attached hydrogens (tertiary/aromatic N) is 1. The third kappa shape index (κ3) is 2.49. The maximum absolute atomic E-state index is 12.0. The molecule has 1 heterocycles. The first-order valence-electron chi connectivity index (χ1n) is 5.96. The van der Waals surface area contributed by atoms with Crippen molar-refractivity contribution >= 4 is 11.7 Å². The number of urea groups is 1. The second-order valence-corrected chi connectivity index (χ2v) is 4.52. The van der Waals surface area contributed by atoms with Crippen LogP contribution in [0.15, 0.2) is 36.9 Å². The SMILES string of the molecule is C=CCNC(=O)N1CC(C)Cc2ccccc21. The van der Waals surface area contributed by atoms with Crippen molar-refractivity contribution in [3.05, 3.63) is 42.5 Å². The largest absolute Gasteiger partial charge is 0.334 e. The van der Waals surface area contributed by atoms with Gasteiger partial charge in [-0.3, -0.25) is 4.90 Å². The van der Waals surface area contributed by atoms with Gasteiger partial charge in [-0.1, -0.05) is 31.2 Å². The number of benzene rings is 1. The van der Waals surface area contributed by atoms with Crippen molar-refractivity contribution in [3.63, 3.8) is 0 Å². The molecule has 1 aromatic carbocycles. The Balaban J connectivity index is 2.23. The van der Waals surface area contributed by atoms with Gasteiger partial charge >= 0.3 is 6.03 Å². The summed E-state index contributed by atoms with van der Waals surface area (Å²) >= 11 is 0. The van der Waals surface area contributed by atoms with Crippen molar-refractivity contribution in [1.29, 1.82) is 0 Å². The lowest BCUT2D eigenvalue weighted by Gasteiger charge is -2.33. The van der Waals surface area contributed by atoms with Crippen LogP contribution in [0.5, 0.6) is 0 Å². The molecule has 3 heteroatoms. The minimum atomic E-state index is -0.0381. The Labute approximate surface area is 102 Å². The fraction of sp³-hybridized carbons (Fsp3) is 0.357. The molecule has 1 unspecified atom stereocenters. The highest BCUT2D eigenvalue weighted by atomic mass is 16.2. The van der Waals surface area contributed by atoms with Gasteiger partial charge in [0, 0.05) is 18.8 Å². The van der Waals surface area contributed by atoms with E-state index < -0.39 is 0 Å². The first-order chi connectivity index (χ1) is 8.22. The summed E-state index contributed by atoms with van der Waals surface area (Å²) in [5.41, 5.74) is 2.28. The van der Waals surface area contributed by atoms with Crippen molar-refractivity contribution < 1.29 is 4.79 Å². The average Bonchev–Trinajstić information content (AvgIpc) is 2.34. The Hall–Kier alpha value is -1.77. The van der Waals surface area contributed by atoms with E-state index >= 15 is 0 Å². The number of carbonyl (C=O) groups excluding carboxylic acids is 1. The van der Waals surface area contributed by atoms with Crippen molar-refractivity contribution in [2.24, 2.45) is 5.92 Å². The first-order valence-corrected chi connectivity index (χ1v) is 5.96. The molecule has 1 aromatic rings. The predicted molar refractivity (Wildman–Crippen MR) is 70.3 cm³/mol. The number of carbonyl (C=O) groups is 1. The number of para-hydroxylation sites is 1. The van der Waals surface area contributed by atoms with Gasteiger partial charge in [0.05, 0.1) is 0 Å². The minimum Gasteiger partial charge on any atom is -0.334 e. The van der Waals surface area contributed by atoms with E-state index in [9.17, 15) is 4.79 Å². The zero-order chi connectivity index (χ0) is 12.3. The van der Waals surface area contributed by atoms with Gasteiger partial charge in [-0.25, -0.2) is 4.79 Å². The second kappa shape index (κ2) is 5.04. The molecule has 1 N–H and O–H groups in total. The monoisotopic (exact) mass is 230 g/mol. The molecule has 0 aliphatic carbocycles. The van der Waals surface area contributed by atoms with E-state index in [1.165, 1.54) is 5.56 Å². The van der Waals surface area contributed by atoms with Crippen LogP contribution >= 0.6 is 0 Å². The third-order valence-electron chi connectivity index (χ3n) is 2.99. The fourth-order valence-corrected chi connectivity index (χ4v) is 2.24. The summed E-state index contributed by atoms with van der Waals surface area (Å²) < 4.78 is 0. The number of rotatable bonds is 2. The fourth-order valence-electron chi connectivity index (χ4n) is 2.24. The molecular weight excluding hydrogens is 212 g/mol.